The van der Waals surface area contributed by atoms with Crippen molar-refractivity contribution in [1.82, 2.24) is 24.9 Å². The van der Waals surface area contributed by atoms with E-state index in [0.29, 0.717) is 17.3 Å². The van der Waals surface area contributed by atoms with Gasteiger partial charge in [0.05, 0.1) is 0 Å². The Morgan fingerprint density at radius 1 is 0.592 bits per heavy atom. The van der Waals surface area contributed by atoms with Gasteiger partial charge < -0.3 is 14.7 Å². The SMILES string of the molecule is Cc1cnc(-c2[c-]c(Oc3[c-]c(-c4ccccn4)ccc3)ccc2)cc1-c1c(C)cc(-c2nc(C(C)(C)C)nc(C(C)(C)C)n2)cc1C.[Pt+2]. The third-order valence-corrected chi connectivity index (χ3v) is 8.11. The van der Waals surface area contributed by atoms with E-state index in [1.807, 2.05) is 60.8 Å². The van der Waals surface area contributed by atoms with Gasteiger partial charge in [-0.05, 0) is 78.2 Å². The number of aromatic nitrogens is 5. The van der Waals surface area contributed by atoms with Crippen LogP contribution < -0.4 is 4.74 Å². The fourth-order valence-electron chi connectivity index (χ4n) is 5.59. The first-order chi connectivity index (χ1) is 22.8. The van der Waals surface area contributed by atoms with Crippen molar-refractivity contribution < 1.29 is 25.8 Å². The van der Waals surface area contributed by atoms with E-state index in [0.717, 1.165) is 62.0 Å². The minimum atomic E-state index is -0.201. The molecular formula is C42H41N5OPt. The Labute approximate surface area is 304 Å². The summed E-state index contributed by atoms with van der Waals surface area (Å²) in [5.74, 6) is 3.49. The van der Waals surface area contributed by atoms with Gasteiger partial charge in [-0.25, -0.2) is 15.0 Å². The van der Waals surface area contributed by atoms with Gasteiger partial charge in [-0.3, -0.25) is 0 Å². The summed E-state index contributed by atoms with van der Waals surface area (Å²) < 4.78 is 6.21. The first-order valence-electron chi connectivity index (χ1n) is 16.3. The van der Waals surface area contributed by atoms with Crippen molar-refractivity contribution in [2.45, 2.75) is 73.1 Å². The van der Waals surface area contributed by atoms with Crippen LogP contribution in [0, 0.1) is 32.9 Å². The fraction of sp³-hybridized carbons (Fsp3) is 0.262. The van der Waals surface area contributed by atoms with Crippen LogP contribution in [0.2, 0.25) is 0 Å². The number of ether oxygens (including phenoxy) is 1. The van der Waals surface area contributed by atoms with Crippen molar-refractivity contribution in [2.24, 2.45) is 0 Å². The Balaban J connectivity index is 0.00000468. The molecule has 0 aliphatic rings. The smallest absolute Gasteiger partial charge is 0.497 e. The molecule has 7 heteroatoms. The zero-order valence-electron chi connectivity index (χ0n) is 29.5. The third-order valence-electron chi connectivity index (χ3n) is 8.11. The number of hydrogen-bond donors (Lipinski definition) is 0. The minimum Gasteiger partial charge on any atom is -0.497 e. The van der Waals surface area contributed by atoms with Gasteiger partial charge >= 0.3 is 21.1 Å². The Bertz CT molecular complexity index is 2060. The molecule has 0 atom stereocenters. The predicted octanol–water partition coefficient (Wildman–Crippen LogP) is 10.2. The van der Waals surface area contributed by atoms with Crippen molar-refractivity contribution in [3.63, 3.8) is 0 Å². The average molecular weight is 827 g/mol. The van der Waals surface area contributed by atoms with Crippen molar-refractivity contribution in [2.75, 3.05) is 0 Å². The molecule has 0 N–H and O–H groups in total. The van der Waals surface area contributed by atoms with E-state index in [1.165, 1.54) is 5.56 Å². The molecule has 3 heterocycles. The molecule has 6 aromatic rings. The maximum atomic E-state index is 6.21. The summed E-state index contributed by atoms with van der Waals surface area (Å²) in [5.41, 5.74) is 9.63. The topological polar surface area (TPSA) is 73.7 Å². The number of aryl methyl sites for hydroxylation is 3. The molecule has 0 radical (unpaired) electrons. The van der Waals surface area contributed by atoms with E-state index < -0.39 is 0 Å². The number of pyridine rings is 2. The molecule has 0 aliphatic carbocycles. The van der Waals surface area contributed by atoms with E-state index in [4.69, 9.17) is 24.7 Å². The largest absolute Gasteiger partial charge is 2.00 e. The minimum absolute atomic E-state index is 0. The zero-order valence-corrected chi connectivity index (χ0v) is 31.8. The summed E-state index contributed by atoms with van der Waals surface area (Å²) in [6, 6.07) is 30.7. The molecule has 49 heavy (non-hydrogen) atoms. The van der Waals surface area contributed by atoms with E-state index in [2.05, 4.69) is 97.6 Å². The summed E-state index contributed by atoms with van der Waals surface area (Å²) in [5, 5.41) is 0. The van der Waals surface area contributed by atoms with Crippen LogP contribution in [-0.2, 0) is 31.9 Å². The van der Waals surface area contributed by atoms with Gasteiger partial charge in [0, 0.05) is 40.3 Å². The normalized spacial score (nSPS) is 11.6. The quantitative estimate of drug-likeness (QED) is 0.156. The van der Waals surface area contributed by atoms with Crippen LogP contribution in [0.25, 0.3) is 45.0 Å². The first kappa shape index (κ1) is 35.8. The van der Waals surface area contributed by atoms with E-state index in [9.17, 15) is 0 Å². The molecule has 0 spiro atoms. The average Bonchev–Trinajstić information content (AvgIpc) is 3.05. The van der Waals surface area contributed by atoms with Crippen molar-refractivity contribution in [3.05, 3.63) is 126 Å². The summed E-state index contributed by atoms with van der Waals surface area (Å²) in [7, 11) is 0. The summed E-state index contributed by atoms with van der Waals surface area (Å²) >= 11 is 0. The standard InChI is InChI=1S/C42H41N5O.Pt/c1-26-20-31(38-45-39(41(4,5)6)47-40(46-38)42(7,8)9)21-27(2)37(26)34-24-36(44-25-28(34)3)30-15-13-17-33(23-30)48-32-16-12-14-29(22-32)35-18-10-11-19-43-35;/h10-21,24-25H,1-9H3;/q-2;+2. The van der Waals surface area contributed by atoms with Crippen molar-refractivity contribution in [3.8, 4) is 56.5 Å². The van der Waals surface area contributed by atoms with E-state index >= 15 is 0 Å². The molecule has 3 aromatic heterocycles. The molecule has 0 fully saturated rings. The van der Waals surface area contributed by atoms with Crippen LogP contribution >= 0.6 is 0 Å². The van der Waals surface area contributed by atoms with Crippen LogP contribution in [0.4, 0.5) is 0 Å². The number of nitrogens with zero attached hydrogens (tertiary/aromatic N) is 5. The number of rotatable bonds is 6. The summed E-state index contributed by atoms with van der Waals surface area (Å²) in [4.78, 5) is 24.0. The van der Waals surface area contributed by atoms with Crippen LogP contribution in [-0.4, -0.2) is 24.9 Å². The number of benzene rings is 3. The molecule has 0 aliphatic heterocycles. The van der Waals surface area contributed by atoms with Gasteiger partial charge in [0.2, 0.25) is 0 Å². The van der Waals surface area contributed by atoms with Gasteiger partial charge in [-0.1, -0.05) is 71.9 Å². The van der Waals surface area contributed by atoms with Gasteiger partial charge in [0.15, 0.2) is 5.82 Å². The maximum absolute atomic E-state index is 6.21. The fourth-order valence-corrected chi connectivity index (χ4v) is 5.59. The van der Waals surface area contributed by atoms with Gasteiger partial charge in [-0.2, -0.15) is 0 Å². The van der Waals surface area contributed by atoms with E-state index in [1.54, 1.807) is 6.20 Å². The predicted molar refractivity (Wildman–Crippen MR) is 193 cm³/mol. The molecule has 3 aromatic carbocycles. The second-order valence-corrected chi connectivity index (χ2v) is 14.4. The van der Waals surface area contributed by atoms with Crippen LogP contribution in [0.1, 0.15) is 69.9 Å². The monoisotopic (exact) mass is 826 g/mol. The van der Waals surface area contributed by atoms with Gasteiger partial charge in [-0.15, -0.1) is 47.5 Å². The van der Waals surface area contributed by atoms with Crippen LogP contribution in [0.5, 0.6) is 11.5 Å². The van der Waals surface area contributed by atoms with Crippen LogP contribution in [0.15, 0.2) is 85.2 Å². The van der Waals surface area contributed by atoms with Gasteiger partial charge in [0.1, 0.15) is 11.6 Å². The first-order valence-corrected chi connectivity index (χ1v) is 16.3. The summed E-state index contributed by atoms with van der Waals surface area (Å²) in [6.07, 6.45) is 3.70. The molecule has 0 amide bonds. The Morgan fingerprint density at radius 3 is 1.69 bits per heavy atom. The second kappa shape index (κ2) is 14.1. The zero-order chi connectivity index (χ0) is 34.2. The molecule has 6 nitrogen and oxygen atoms in total. The molecule has 250 valence electrons. The second-order valence-electron chi connectivity index (χ2n) is 14.4. The maximum Gasteiger partial charge on any atom is 2.00 e. The van der Waals surface area contributed by atoms with Gasteiger partial charge in [0.25, 0.3) is 0 Å². The van der Waals surface area contributed by atoms with Crippen LogP contribution in [0.3, 0.4) is 0 Å². The molecule has 6 rings (SSSR count). The van der Waals surface area contributed by atoms with Crippen molar-refractivity contribution >= 4 is 0 Å². The summed E-state index contributed by atoms with van der Waals surface area (Å²) in [6.45, 7) is 19.2. The Hall–Kier alpha value is -4.54. The number of hydrogen-bond acceptors (Lipinski definition) is 6. The molecule has 0 saturated heterocycles. The third kappa shape index (κ3) is 8.03. The Morgan fingerprint density at radius 2 is 1.16 bits per heavy atom. The Kier molecular flexibility index (Phi) is 10.3. The van der Waals surface area contributed by atoms with E-state index in [-0.39, 0.29) is 31.9 Å². The molecule has 0 bridgehead atoms. The van der Waals surface area contributed by atoms with Crippen molar-refractivity contribution in [1.29, 1.82) is 0 Å². The molecule has 0 unspecified atom stereocenters. The molecular weight excluding hydrogens is 786 g/mol. The molecule has 0 saturated carbocycles.